The van der Waals surface area contributed by atoms with E-state index in [0.717, 1.165) is 24.7 Å². The number of nitrogens with one attached hydrogen (secondary N) is 1. The molecule has 1 rings (SSSR count). The van der Waals surface area contributed by atoms with E-state index < -0.39 is 0 Å². The maximum Gasteiger partial charge on any atom is 0.119 e. The molecule has 0 bridgehead atoms. The number of rotatable bonds is 9. The number of hydrogen-bond donors (Lipinski definition) is 1. The number of ether oxygens (including phenoxy) is 1. The van der Waals surface area contributed by atoms with Crippen molar-refractivity contribution < 1.29 is 4.74 Å². The molecule has 1 unspecified atom stereocenters. The fourth-order valence-electron chi connectivity index (χ4n) is 1.85. The van der Waals surface area contributed by atoms with Gasteiger partial charge in [-0.2, -0.15) is 11.8 Å². The Labute approximate surface area is 116 Å². The predicted molar refractivity (Wildman–Crippen MR) is 81.6 cm³/mol. The molecule has 0 fully saturated rings. The van der Waals surface area contributed by atoms with Gasteiger partial charge in [0.2, 0.25) is 0 Å². The van der Waals surface area contributed by atoms with Crippen LogP contribution in [-0.4, -0.2) is 24.7 Å². The monoisotopic (exact) mass is 267 g/mol. The maximum absolute atomic E-state index is 5.57. The Bertz CT molecular complexity index is 330. The van der Waals surface area contributed by atoms with E-state index in [4.69, 9.17) is 4.74 Å². The van der Waals surface area contributed by atoms with E-state index in [1.165, 1.54) is 17.7 Å². The van der Waals surface area contributed by atoms with Crippen molar-refractivity contribution in [3.8, 4) is 5.75 Å². The van der Waals surface area contributed by atoms with Crippen LogP contribution in [0, 0.1) is 0 Å². The van der Waals surface area contributed by atoms with Gasteiger partial charge in [-0.15, -0.1) is 0 Å². The van der Waals surface area contributed by atoms with Crippen LogP contribution in [-0.2, 0) is 0 Å². The van der Waals surface area contributed by atoms with Gasteiger partial charge in [-0.25, -0.2) is 0 Å². The van der Waals surface area contributed by atoms with E-state index in [-0.39, 0.29) is 0 Å². The molecule has 102 valence electrons. The third kappa shape index (κ3) is 5.32. The van der Waals surface area contributed by atoms with Gasteiger partial charge >= 0.3 is 0 Å². The summed E-state index contributed by atoms with van der Waals surface area (Å²) < 4.78 is 5.57. The summed E-state index contributed by atoms with van der Waals surface area (Å²) in [5, 5.41) is 3.55. The van der Waals surface area contributed by atoms with Crippen molar-refractivity contribution in [2.45, 2.75) is 33.2 Å². The molecule has 1 N–H and O–H groups in total. The molecule has 0 aliphatic heterocycles. The standard InChI is InChI=1S/C15H25NOS/c1-4-10-18-12-15(16-5-2)13-8-7-9-14(11-13)17-6-3/h7-9,11,15-16H,4-6,10,12H2,1-3H3. The average molecular weight is 267 g/mol. The first-order valence-corrected chi connectivity index (χ1v) is 8.01. The Morgan fingerprint density at radius 3 is 2.78 bits per heavy atom. The van der Waals surface area contributed by atoms with Gasteiger partial charge in [0, 0.05) is 11.8 Å². The third-order valence-electron chi connectivity index (χ3n) is 2.65. The second kappa shape index (κ2) is 9.29. The van der Waals surface area contributed by atoms with Crippen molar-refractivity contribution in [2.24, 2.45) is 0 Å². The molecule has 0 radical (unpaired) electrons. The van der Waals surface area contributed by atoms with E-state index in [0.29, 0.717) is 6.04 Å². The summed E-state index contributed by atoms with van der Waals surface area (Å²) in [6, 6.07) is 8.86. The van der Waals surface area contributed by atoms with E-state index in [2.05, 4.69) is 37.4 Å². The SMILES string of the molecule is CCCSCC(NCC)c1cccc(OCC)c1. The highest BCUT2D eigenvalue weighted by atomic mass is 32.2. The molecule has 1 atom stereocenters. The first-order valence-electron chi connectivity index (χ1n) is 6.85. The summed E-state index contributed by atoms with van der Waals surface area (Å²) in [5.41, 5.74) is 1.33. The maximum atomic E-state index is 5.57. The number of hydrogen-bond acceptors (Lipinski definition) is 3. The Morgan fingerprint density at radius 2 is 2.11 bits per heavy atom. The molecular formula is C15H25NOS. The Morgan fingerprint density at radius 1 is 1.28 bits per heavy atom. The smallest absolute Gasteiger partial charge is 0.119 e. The Hall–Kier alpha value is -0.670. The highest BCUT2D eigenvalue weighted by Gasteiger charge is 2.10. The van der Waals surface area contributed by atoms with E-state index in [1.807, 2.05) is 24.8 Å². The lowest BCUT2D eigenvalue weighted by atomic mass is 10.1. The second-order valence-corrected chi connectivity index (χ2v) is 5.34. The molecule has 0 heterocycles. The van der Waals surface area contributed by atoms with Gasteiger partial charge in [-0.3, -0.25) is 0 Å². The highest BCUT2D eigenvalue weighted by molar-refractivity contribution is 7.99. The summed E-state index contributed by atoms with van der Waals surface area (Å²) in [6.45, 7) is 8.12. The lowest BCUT2D eigenvalue weighted by Gasteiger charge is -2.18. The normalized spacial score (nSPS) is 12.4. The van der Waals surface area contributed by atoms with Gasteiger partial charge < -0.3 is 10.1 Å². The minimum absolute atomic E-state index is 0.423. The Balaban J connectivity index is 2.67. The van der Waals surface area contributed by atoms with Gasteiger partial charge in [0.1, 0.15) is 5.75 Å². The molecule has 1 aromatic rings. The van der Waals surface area contributed by atoms with Crippen molar-refractivity contribution >= 4 is 11.8 Å². The van der Waals surface area contributed by atoms with Crippen LogP contribution >= 0.6 is 11.8 Å². The minimum atomic E-state index is 0.423. The molecule has 0 saturated carbocycles. The van der Waals surface area contributed by atoms with Crippen molar-refractivity contribution in [1.82, 2.24) is 5.32 Å². The van der Waals surface area contributed by atoms with Crippen LogP contribution in [0.3, 0.4) is 0 Å². The van der Waals surface area contributed by atoms with Crippen LogP contribution in [0.1, 0.15) is 38.8 Å². The fraction of sp³-hybridized carbons (Fsp3) is 0.600. The quantitative estimate of drug-likeness (QED) is 0.686. The second-order valence-electron chi connectivity index (χ2n) is 4.19. The molecule has 3 heteroatoms. The first kappa shape index (κ1) is 15.4. The highest BCUT2D eigenvalue weighted by Crippen LogP contribution is 2.22. The average Bonchev–Trinajstić information content (AvgIpc) is 2.39. The van der Waals surface area contributed by atoms with Crippen LogP contribution < -0.4 is 10.1 Å². The molecule has 2 nitrogen and oxygen atoms in total. The summed E-state index contributed by atoms with van der Waals surface area (Å²) in [7, 11) is 0. The largest absolute Gasteiger partial charge is 0.494 e. The lowest BCUT2D eigenvalue weighted by molar-refractivity contribution is 0.339. The van der Waals surface area contributed by atoms with Crippen LogP contribution in [0.4, 0.5) is 0 Å². The molecule has 0 aliphatic rings. The summed E-state index contributed by atoms with van der Waals surface area (Å²) in [5.74, 6) is 3.32. The number of thioether (sulfide) groups is 1. The number of benzene rings is 1. The minimum Gasteiger partial charge on any atom is -0.494 e. The van der Waals surface area contributed by atoms with Crippen LogP contribution in [0.2, 0.25) is 0 Å². The molecule has 0 aliphatic carbocycles. The van der Waals surface area contributed by atoms with Gasteiger partial charge in [-0.1, -0.05) is 26.0 Å². The zero-order valence-corrected chi connectivity index (χ0v) is 12.6. The molecule has 0 amide bonds. The lowest BCUT2D eigenvalue weighted by Crippen LogP contribution is -2.23. The van der Waals surface area contributed by atoms with Gasteiger partial charge in [0.25, 0.3) is 0 Å². The molecule has 18 heavy (non-hydrogen) atoms. The Kier molecular flexibility index (Phi) is 7.94. The third-order valence-corrected chi connectivity index (χ3v) is 3.92. The van der Waals surface area contributed by atoms with Crippen molar-refractivity contribution in [3.05, 3.63) is 29.8 Å². The summed E-state index contributed by atoms with van der Waals surface area (Å²) in [4.78, 5) is 0. The van der Waals surface area contributed by atoms with Crippen molar-refractivity contribution in [2.75, 3.05) is 24.7 Å². The molecule has 0 saturated heterocycles. The van der Waals surface area contributed by atoms with Crippen molar-refractivity contribution in [3.63, 3.8) is 0 Å². The molecule has 0 spiro atoms. The topological polar surface area (TPSA) is 21.3 Å². The van der Waals surface area contributed by atoms with E-state index in [9.17, 15) is 0 Å². The van der Waals surface area contributed by atoms with Crippen LogP contribution in [0.15, 0.2) is 24.3 Å². The predicted octanol–water partition coefficient (Wildman–Crippen LogP) is 3.88. The molecular weight excluding hydrogens is 242 g/mol. The summed E-state index contributed by atoms with van der Waals surface area (Å²) in [6.07, 6.45) is 1.24. The van der Waals surface area contributed by atoms with Crippen molar-refractivity contribution in [1.29, 1.82) is 0 Å². The van der Waals surface area contributed by atoms with Gasteiger partial charge in [-0.05, 0) is 43.3 Å². The first-order chi connectivity index (χ1) is 8.81. The van der Waals surface area contributed by atoms with Gasteiger partial charge in [0.05, 0.1) is 6.61 Å². The van der Waals surface area contributed by atoms with Crippen LogP contribution in [0.5, 0.6) is 5.75 Å². The van der Waals surface area contributed by atoms with E-state index in [1.54, 1.807) is 0 Å². The van der Waals surface area contributed by atoms with E-state index >= 15 is 0 Å². The summed E-state index contributed by atoms with van der Waals surface area (Å²) >= 11 is 2.01. The van der Waals surface area contributed by atoms with Crippen LogP contribution in [0.25, 0.3) is 0 Å². The van der Waals surface area contributed by atoms with Gasteiger partial charge in [0.15, 0.2) is 0 Å². The molecule has 0 aromatic heterocycles. The molecule has 1 aromatic carbocycles. The zero-order valence-electron chi connectivity index (χ0n) is 11.7. The zero-order chi connectivity index (χ0) is 13.2. The fourth-order valence-corrected chi connectivity index (χ4v) is 2.85.